The van der Waals surface area contributed by atoms with Gasteiger partial charge in [0.1, 0.15) is 28.3 Å². The van der Waals surface area contributed by atoms with E-state index >= 15 is 4.57 Å². The van der Waals surface area contributed by atoms with Crippen LogP contribution < -0.4 is 25.4 Å². The first kappa shape index (κ1) is 27.7. The number of benzene rings is 7. The maximum absolute atomic E-state index is 16.3. The van der Waals surface area contributed by atoms with E-state index in [9.17, 15) is 0 Å². The van der Waals surface area contributed by atoms with Crippen LogP contribution >= 0.6 is 7.14 Å². The smallest absolute Gasteiger partial charge is 0.185 e. The highest BCUT2D eigenvalue weighted by Gasteiger charge is 2.48. The second-order valence-electron chi connectivity index (χ2n) is 12.1. The molecule has 1 unspecified atom stereocenters. The van der Waals surface area contributed by atoms with Crippen LogP contribution in [-0.4, -0.2) is 0 Å². The van der Waals surface area contributed by atoms with Crippen molar-refractivity contribution in [1.82, 2.24) is 0 Å². The maximum Gasteiger partial charge on any atom is 0.185 e. The van der Waals surface area contributed by atoms with Gasteiger partial charge in [-0.2, -0.15) is 0 Å². The van der Waals surface area contributed by atoms with Crippen LogP contribution in [0, 0.1) is 6.92 Å². The molecule has 1 atom stereocenters. The molecule has 2 heterocycles. The number of aryl methyl sites for hydroxylation is 1. The molecule has 7 aromatic carbocycles. The molecule has 224 valence electrons. The molecular formula is C43H29O3P. The Bertz CT molecular complexity index is 2370. The van der Waals surface area contributed by atoms with Crippen LogP contribution in [0.5, 0.6) is 23.0 Å². The van der Waals surface area contributed by atoms with Crippen molar-refractivity contribution in [2.24, 2.45) is 0 Å². The monoisotopic (exact) mass is 624 g/mol. The van der Waals surface area contributed by atoms with Crippen LogP contribution in [-0.2, 0) is 4.57 Å². The molecule has 0 saturated carbocycles. The summed E-state index contributed by atoms with van der Waals surface area (Å²) in [6, 6.07) is 53.3. The van der Waals surface area contributed by atoms with E-state index in [0.29, 0.717) is 38.9 Å². The third-order valence-corrected chi connectivity index (χ3v) is 12.4. The minimum atomic E-state index is -3.50. The molecule has 0 bridgehead atoms. The molecule has 4 heteroatoms. The van der Waals surface area contributed by atoms with Crippen LogP contribution in [0.2, 0.25) is 0 Å². The van der Waals surface area contributed by atoms with Gasteiger partial charge in [-0.15, -0.1) is 0 Å². The van der Waals surface area contributed by atoms with Gasteiger partial charge in [-0.25, -0.2) is 0 Å². The van der Waals surface area contributed by atoms with Crippen LogP contribution in [0.4, 0.5) is 0 Å². The van der Waals surface area contributed by atoms with Crippen molar-refractivity contribution in [3.05, 3.63) is 163 Å². The van der Waals surface area contributed by atoms with E-state index in [2.05, 4.69) is 73.7 Å². The van der Waals surface area contributed by atoms with Gasteiger partial charge >= 0.3 is 0 Å². The van der Waals surface area contributed by atoms with Crippen molar-refractivity contribution in [3.8, 4) is 67.5 Å². The average Bonchev–Trinajstić information content (AvgIpc) is 3.13. The Labute approximate surface area is 274 Å². The van der Waals surface area contributed by atoms with Crippen LogP contribution in [0.3, 0.4) is 0 Å². The van der Waals surface area contributed by atoms with Gasteiger partial charge < -0.3 is 14.0 Å². The minimum Gasteiger partial charge on any atom is -0.455 e. The van der Waals surface area contributed by atoms with E-state index in [4.69, 9.17) is 9.47 Å². The number of hydrogen-bond donors (Lipinski definition) is 0. The van der Waals surface area contributed by atoms with E-state index in [0.717, 1.165) is 50.1 Å². The highest BCUT2D eigenvalue weighted by molar-refractivity contribution is 7.86. The summed E-state index contributed by atoms with van der Waals surface area (Å²) in [5.41, 5.74) is 9.05. The molecule has 2 aliphatic rings. The Morgan fingerprint density at radius 1 is 0.426 bits per heavy atom. The van der Waals surface area contributed by atoms with Gasteiger partial charge in [0.2, 0.25) is 0 Å². The SMILES string of the molecule is Cc1ccccc1-c1cc(-c2ccccc2)c2c3c1Oc1cc(-c4ccccc4)ccc1P3(=O)c1ccc(-c3ccccc3)cc1O2. The van der Waals surface area contributed by atoms with E-state index in [-0.39, 0.29) is 0 Å². The molecule has 2 aliphatic heterocycles. The lowest BCUT2D eigenvalue weighted by Crippen LogP contribution is -2.35. The standard InChI is InChI=1S/C43H29O3P/c1-28-13-11-12-20-34(28)36-27-35(31-18-9-4-10-19-31)41-43-42(36)46-38-26-33(30-16-7-3-8-17-30)22-24-40(38)47(43,44)39-23-21-32(25-37(39)45-41)29-14-5-2-6-15-29/h2-27H,1H3. The molecular weight excluding hydrogens is 595 g/mol. The molecule has 0 saturated heterocycles. The highest BCUT2D eigenvalue weighted by Crippen LogP contribution is 2.62. The largest absolute Gasteiger partial charge is 0.455 e. The molecule has 3 nitrogen and oxygen atoms in total. The van der Waals surface area contributed by atoms with Crippen molar-refractivity contribution in [3.63, 3.8) is 0 Å². The topological polar surface area (TPSA) is 35.5 Å². The van der Waals surface area contributed by atoms with Gasteiger partial charge in [0.15, 0.2) is 7.14 Å². The predicted octanol–water partition coefficient (Wildman–Crippen LogP) is 10.5. The Hall–Kier alpha value is -5.63. The van der Waals surface area contributed by atoms with Crippen molar-refractivity contribution in [2.75, 3.05) is 0 Å². The molecule has 0 aromatic heterocycles. The third-order valence-electron chi connectivity index (χ3n) is 9.28. The van der Waals surface area contributed by atoms with E-state index in [1.54, 1.807) is 0 Å². The van der Waals surface area contributed by atoms with Crippen LogP contribution in [0.15, 0.2) is 158 Å². The van der Waals surface area contributed by atoms with Gasteiger partial charge in [0.25, 0.3) is 0 Å². The molecule has 9 rings (SSSR count). The fourth-order valence-electron chi connectivity index (χ4n) is 6.96. The molecule has 0 N–H and O–H groups in total. The summed E-state index contributed by atoms with van der Waals surface area (Å²) < 4.78 is 30.2. The van der Waals surface area contributed by atoms with Crippen molar-refractivity contribution in [1.29, 1.82) is 0 Å². The van der Waals surface area contributed by atoms with Crippen molar-refractivity contribution < 1.29 is 14.0 Å². The Morgan fingerprint density at radius 2 is 0.894 bits per heavy atom. The molecule has 0 aliphatic carbocycles. The van der Waals surface area contributed by atoms with E-state index < -0.39 is 7.14 Å². The second kappa shape index (κ2) is 10.7. The first-order valence-corrected chi connectivity index (χ1v) is 17.5. The summed E-state index contributed by atoms with van der Waals surface area (Å²) in [5, 5.41) is 1.99. The molecule has 7 aromatic rings. The zero-order valence-electron chi connectivity index (χ0n) is 25.7. The second-order valence-corrected chi connectivity index (χ2v) is 14.7. The Balaban J connectivity index is 1.38. The van der Waals surface area contributed by atoms with Gasteiger partial charge in [-0.05, 0) is 76.2 Å². The zero-order valence-corrected chi connectivity index (χ0v) is 26.6. The summed E-state index contributed by atoms with van der Waals surface area (Å²) in [4.78, 5) is 0. The molecule has 0 fully saturated rings. The summed E-state index contributed by atoms with van der Waals surface area (Å²) in [6.07, 6.45) is 0. The number of hydrogen-bond acceptors (Lipinski definition) is 3. The van der Waals surface area contributed by atoms with Gasteiger partial charge in [-0.1, -0.05) is 127 Å². The molecule has 47 heavy (non-hydrogen) atoms. The fraction of sp³-hybridized carbons (Fsp3) is 0.0233. The van der Waals surface area contributed by atoms with Crippen LogP contribution in [0.1, 0.15) is 5.56 Å². The van der Waals surface area contributed by atoms with Gasteiger partial charge in [-0.3, -0.25) is 0 Å². The summed E-state index contributed by atoms with van der Waals surface area (Å²) in [6.45, 7) is 2.10. The lowest BCUT2D eigenvalue weighted by molar-refractivity contribution is 0.464. The molecule has 0 amide bonds. The minimum absolute atomic E-state index is 0.586. The lowest BCUT2D eigenvalue weighted by Gasteiger charge is -2.37. The summed E-state index contributed by atoms with van der Waals surface area (Å²) in [7, 11) is -3.50. The van der Waals surface area contributed by atoms with Crippen molar-refractivity contribution in [2.45, 2.75) is 6.92 Å². The normalized spacial score (nSPS) is 15.4. The van der Waals surface area contributed by atoms with E-state index in [1.807, 2.05) is 91.0 Å². The average molecular weight is 625 g/mol. The zero-order chi connectivity index (χ0) is 31.5. The highest BCUT2D eigenvalue weighted by atomic mass is 31.2. The first-order valence-electron chi connectivity index (χ1n) is 15.8. The number of fused-ring (bicyclic) bond motifs is 4. The first-order chi connectivity index (χ1) is 23.1. The number of rotatable bonds is 4. The predicted molar refractivity (Wildman–Crippen MR) is 192 cm³/mol. The fourth-order valence-corrected chi connectivity index (χ4v) is 10.0. The quantitative estimate of drug-likeness (QED) is 0.183. The molecule has 0 spiro atoms. The summed E-state index contributed by atoms with van der Waals surface area (Å²) >= 11 is 0. The number of ether oxygens (including phenoxy) is 2. The van der Waals surface area contributed by atoms with Gasteiger partial charge in [0, 0.05) is 11.1 Å². The third kappa shape index (κ3) is 4.31. The molecule has 0 radical (unpaired) electrons. The Kier molecular flexibility index (Phi) is 6.31. The van der Waals surface area contributed by atoms with Crippen LogP contribution in [0.25, 0.3) is 44.5 Å². The Morgan fingerprint density at radius 3 is 1.43 bits per heavy atom. The maximum atomic E-state index is 16.3. The van der Waals surface area contributed by atoms with Crippen molar-refractivity contribution >= 4 is 23.1 Å². The summed E-state index contributed by atoms with van der Waals surface area (Å²) in [5.74, 6) is 2.39. The van der Waals surface area contributed by atoms with E-state index in [1.165, 1.54) is 0 Å². The lowest BCUT2D eigenvalue weighted by atomic mass is 9.94. The van der Waals surface area contributed by atoms with Gasteiger partial charge in [0.05, 0.1) is 10.6 Å².